The van der Waals surface area contributed by atoms with Crippen LogP contribution in [0.2, 0.25) is 0 Å². The molecule has 1 saturated heterocycles. The lowest BCUT2D eigenvalue weighted by Crippen LogP contribution is -2.39. The Balaban J connectivity index is 1.39. The van der Waals surface area contributed by atoms with Gasteiger partial charge in [-0.05, 0) is 43.2 Å². The Morgan fingerprint density at radius 1 is 1.16 bits per heavy atom. The molecule has 5 nitrogen and oxygen atoms in total. The van der Waals surface area contributed by atoms with Crippen molar-refractivity contribution in [1.82, 2.24) is 4.90 Å². The number of fused-ring (bicyclic) bond motifs is 1. The van der Waals surface area contributed by atoms with E-state index in [1.54, 1.807) is 0 Å². The summed E-state index contributed by atoms with van der Waals surface area (Å²) < 4.78 is 16.6. The molecule has 0 aromatic heterocycles. The average molecular weight is 339 g/mol. The molecule has 0 radical (unpaired) electrons. The lowest BCUT2D eigenvalue weighted by molar-refractivity contribution is -0.136. The summed E-state index contributed by atoms with van der Waals surface area (Å²) in [5.41, 5.74) is 1.19. The molecule has 0 spiro atoms. The van der Waals surface area contributed by atoms with E-state index in [1.165, 1.54) is 5.56 Å². The summed E-state index contributed by atoms with van der Waals surface area (Å²) in [6.07, 6.45) is 0.460. The molecule has 0 unspecified atom stereocenters. The third kappa shape index (κ3) is 3.27. The predicted octanol–water partition coefficient (Wildman–Crippen LogP) is 3.20. The fourth-order valence-electron chi connectivity index (χ4n) is 3.41. The molecule has 2 heterocycles. The Bertz CT molecular complexity index is 762. The number of amides is 1. The number of rotatable bonds is 4. The topological polar surface area (TPSA) is 48.0 Å². The van der Waals surface area contributed by atoms with E-state index < -0.39 is 6.10 Å². The van der Waals surface area contributed by atoms with E-state index in [0.29, 0.717) is 12.5 Å². The highest BCUT2D eigenvalue weighted by atomic mass is 16.7. The van der Waals surface area contributed by atoms with Crippen LogP contribution in [-0.4, -0.2) is 36.8 Å². The van der Waals surface area contributed by atoms with Crippen molar-refractivity contribution in [2.75, 3.05) is 19.9 Å². The number of benzene rings is 2. The van der Waals surface area contributed by atoms with Gasteiger partial charge < -0.3 is 19.1 Å². The maximum Gasteiger partial charge on any atom is 0.263 e. The van der Waals surface area contributed by atoms with Gasteiger partial charge in [0.1, 0.15) is 5.75 Å². The van der Waals surface area contributed by atoms with Gasteiger partial charge in [-0.2, -0.15) is 0 Å². The summed E-state index contributed by atoms with van der Waals surface area (Å²) in [5.74, 6) is 2.66. The molecule has 2 aromatic rings. The van der Waals surface area contributed by atoms with Crippen LogP contribution in [0.3, 0.4) is 0 Å². The number of para-hydroxylation sites is 1. The van der Waals surface area contributed by atoms with Crippen molar-refractivity contribution in [3.63, 3.8) is 0 Å². The monoisotopic (exact) mass is 339 g/mol. The first kappa shape index (κ1) is 15.8. The van der Waals surface area contributed by atoms with E-state index in [1.807, 2.05) is 54.3 Å². The zero-order chi connectivity index (χ0) is 17.2. The van der Waals surface area contributed by atoms with Gasteiger partial charge in [0.2, 0.25) is 6.79 Å². The minimum atomic E-state index is -0.488. The van der Waals surface area contributed by atoms with Crippen molar-refractivity contribution in [1.29, 1.82) is 0 Å². The van der Waals surface area contributed by atoms with E-state index in [0.717, 1.165) is 30.2 Å². The molecule has 25 heavy (non-hydrogen) atoms. The van der Waals surface area contributed by atoms with Crippen molar-refractivity contribution >= 4 is 5.91 Å². The van der Waals surface area contributed by atoms with Crippen molar-refractivity contribution in [2.45, 2.75) is 25.4 Å². The third-order valence-electron chi connectivity index (χ3n) is 4.77. The first-order valence-electron chi connectivity index (χ1n) is 8.61. The molecule has 2 aliphatic rings. The molecule has 2 aliphatic heterocycles. The summed E-state index contributed by atoms with van der Waals surface area (Å²) >= 11 is 0. The smallest absolute Gasteiger partial charge is 0.263 e. The van der Waals surface area contributed by atoms with Gasteiger partial charge in [-0.15, -0.1) is 0 Å². The van der Waals surface area contributed by atoms with Gasteiger partial charge in [-0.3, -0.25) is 4.79 Å². The van der Waals surface area contributed by atoms with Gasteiger partial charge in [0.05, 0.1) is 0 Å². The fourth-order valence-corrected chi connectivity index (χ4v) is 3.41. The number of nitrogens with zero attached hydrogens (tertiary/aromatic N) is 1. The molecule has 0 aliphatic carbocycles. The van der Waals surface area contributed by atoms with Gasteiger partial charge >= 0.3 is 0 Å². The van der Waals surface area contributed by atoms with Crippen molar-refractivity contribution in [3.05, 3.63) is 54.1 Å². The van der Waals surface area contributed by atoms with Crippen LogP contribution in [0.4, 0.5) is 0 Å². The highest BCUT2D eigenvalue weighted by molar-refractivity contribution is 5.81. The van der Waals surface area contributed by atoms with E-state index in [4.69, 9.17) is 14.2 Å². The molecule has 4 rings (SSSR count). The number of likely N-dealkylation sites (tertiary alicyclic amines) is 1. The van der Waals surface area contributed by atoms with Crippen LogP contribution >= 0.6 is 0 Å². The maximum atomic E-state index is 12.7. The second-order valence-corrected chi connectivity index (χ2v) is 6.46. The third-order valence-corrected chi connectivity index (χ3v) is 4.77. The summed E-state index contributed by atoms with van der Waals surface area (Å²) in [6.45, 7) is 3.55. The molecular formula is C20H21NO4. The highest BCUT2D eigenvalue weighted by Gasteiger charge is 2.31. The molecule has 1 fully saturated rings. The summed E-state index contributed by atoms with van der Waals surface area (Å²) in [7, 11) is 0. The quantitative estimate of drug-likeness (QED) is 0.858. The molecule has 1 amide bonds. The zero-order valence-corrected chi connectivity index (χ0v) is 14.2. The first-order valence-corrected chi connectivity index (χ1v) is 8.61. The second-order valence-electron chi connectivity index (χ2n) is 6.46. The Morgan fingerprint density at radius 3 is 2.80 bits per heavy atom. The number of carbonyl (C=O) groups excluding carboxylic acids is 1. The van der Waals surface area contributed by atoms with Crippen molar-refractivity contribution in [3.8, 4) is 17.2 Å². The van der Waals surface area contributed by atoms with E-state index >= 15 is 0 Å². The Labute approximate surface area is 147 Å². The van der Waals surface area contributed by atoms with Crippen LogP contribution < -0.4 is 14.2 Å². The summed E-state index contributed by atoms with van der Waals surface area (Å²) in [6, 6.07) is 15.5. The van der Waals surface area contributed by atoms with Crippen molar-refractivity contribution < 1.29 is 19.0 Å². The van der Waals surface area contributed by atoms with Crippen LogP contribution in [0.1, 0.15) is 24.8 Å². The highest BCUT2D eigenvalue weighted by Crippen LogP contribution is 2.37. The fraction of sp³-hybridized carbons (Fsp3) is 0.350. The van der Waals surface area contributed by atoms with Crippen LogP contribution in [0.15, 0.2) is 48.5 Å². The molecular weight excluding hydrogens is 318 g/mol. The van der Waals surface area contributed by atoms with E-state index in [2.05, 4.69) is 6.07 Å². The standard InChI is InChI=1S/C20H21NO4/c1-14(25-17-5-3-2-4-6-17)20(22)21-10-9-16(12-21)15-7-8-18-19(11-15)24-13-23-18/h2-8,11,14,16H,9-10,12-13H2,1H3/t14-,16-/m1/s1. The number of carbonyl (C=O) groups is 1. The second kappa shape index (κ2) is 6.67. The average Bonchev–Trinajstić information content (AvgIpc) is 3.30. The lowest BCUT2D eigenvalue weighted by Gasteiger charge is -2.22. The maximum absolute atomic E-state index is 12.7. The molecule has 130 valence electrons. The van der Waals surface area contributed by atoms with Gasteiger partial charge in [0.15, 0.2) is 17.6 Å². The van der Waals surface area contributed by atoms with Gasteiger partial charge in [0.25, 0.3) is 5.91 Å². The lowest BCUT2D eigenvalue weighted by atomic mass is 9.98. The molecule has 0 saturated carbocycles. The van der Waals surface area contributed by atoms with Crippen LogP contribution in [0, 0.1) is 0 Å². The zero-order valence-electron chi connectivity index (χ0n) is 14.2. The summed E-state index contributed by atoms with van der Waals surface area (Å²) in [4.78, 5) is 14.6. The number of ether oxygens (including phenoxy) is 3. The molecule has 0 bridgehead atoms. The van der Waals surface area contributed by atoms with Crippen LogP contribution in [-0.2, 0) is 4.79 Å². The molecule has 0 N–H and O–H groups in total. The largest absolute Gasteiger partial charge is 0.481 e. The van der Waals surface area contributed by atoms with Gasteiger partial charge in [0, 0.05) is 19.0 Å². The Kier molecular flexibility index (Phi) is 4.22. The van der Waals surface area contributed by atoms with Crippen LogP contribution in [0.25, 0.3) is 0 Å². The number of hydrogen-bond acceptors (Lipinski definition) is 4. The number of hydrogen-bond donors (Lipinski definition) is 0. The molecule has 2 aromatic carbocycles. The SMILES string of the molecule is C[C@@H](Oc1ccccc1)C(=O)N1CC[C@@H](c2ccc3c(c2)OCO3)C1. The Morgan fingerprint density at radius 2 is 1.96 bits per heavy atom. The minimum Gasteiger partial charge on any atom is -0.481 e. The predicted molar refractivity (Wildman–Crippen MR) is 93.0 cm³/mol. The van der Waals surface area contributed by atoms with Crippen LogP contribution in [0.5, 0.6) is 17.2 Å². The molecule has 5 heteroatoms. The minimum absolute atomic E-state index is 0.0343. The summed E-state index contributed by atoms with van der Waals surface area (Å²) in [5, 5.41) is 0. The van der Waals surface area contributed by atoms with E-state index in [-0.39, 0.29) is 12.7 Å². The first-order chi connectivity index (χ1) is 12.2. The van der Waals surface area contributed by atoms with E-state index in [9.17, 15) is 4.79 Å². The molecule has 2 atom stereocenters. The Hall–Kier alpha value is -2.69. The normalized spacial score (nSPS) is 19.7. The van der Waals surface area contributed by atoms with Gasteiger partial charge in [-0.1, -0.05) is 24.3 Å². The van der Waals surface area contributed by atoms with Crippen molar-refractivity contribution in [2.24, 2.45) is 0 Å². The van der Waals surface area contributed by atoms with Gasteiger partial charge in [-0.25, -0.2) is 0 Å².